The highest BCUT2D eigenvalue weighted by Crippen LogP contribution is 2.28. The highest BCUT2D eigenvalue weighted by atomic mass is 16.6. The third kappa shape index (κ3) is 4.61. The van der Waals surface area contributed by atoms with Crippen molar-refractivity contribution in [1.82, 2.24) is 20.4 Å². The van der Waals surface area contributed by atoms with Crippen LogP contribution in [0.15, 0.2) is 54.6 Å². The molecule has 4 N–H and O–H groups in total. The normalized spacial score (nSPS) is 16.3. The number of amides is 4. The lowest BCUT2D eigenvalue weighted by atomic mass is 9.96. The Balaban J connectivity index is 1.58. The van der Waals surface area contributed by atoms with Crippen molar-refractivity contribution in [1.29, 1.82) is 0 Å². The summed E-state index contributed by atoms with van der Waals surface area (Å²) in [5, 5.41) is 10.6. The third-order valence-electron chi connectivity index (χ3n) is 5.90. The quantitative estimate of drug-likeness (QED) is 0.435. The van der Waals surface area contributed by atoms with E-state index >= 15 is 0 Å². The standard InChI is InChI=1S/C24H25N5O5/c1-24(34-23(25)33,13-18-16-9-5-6-10-17(16)27-28-18)22(32)26-14-19(15-7-3-2-4-8-15)29-20(30)11-12-21(29)31/h2-10,19H,11-14H2,1H3,(H2,25,33)(H,26,32)(H,27,28). The number of imide groups is 1. The van der Waals surface area contributed by atoms with Crippen LogP contribution in [-0.2, 0) is 25.5 Å². The van der Waals surface area contributed by atoms with Crippen molar-refractivity contribution in [2.24, 2.45) is 5.73 Å². The van der Waals surface area contributed by atoms with Crippen molar-refractivity contribution in [3.8, 4) is 0 Å². The van der Waals surface area contributed by atoms with Crippen LogP contribution >= 0.6 is 0 Å². The molecule has 2 unspecified atom stereocenters. The molecule has 34 heavy (non-hydrogen) atoms. The van der Waals surface area contributed by atoms with Gasteiger partial charge in [0.2, 0.25) is 11.8 Å². The zero-order valence-electron chi connectivity index (χ0n) is 18.6. The van der Waals surface area contributed by atoms with E-state index in [4.69, 9.17) is 10.5 Å². The molecule has 2 atom stereocenters. The van der Waals surface area contributed by atoms with Crippen LogP contribution in [-0.4, -0.2) is 51.1 Å². The number of likely N-dealkylation sites (tertiary alicyclic amines) is 1. The fourth-order valence-electron chi connectivity index (χ4n) is 4.22. The molecule has 4 rings (SSSR count). The molecule has 1 aromatic heterocycles. The molecule has 0 radical (unpaired) electrons. The number of fused-ring (bicyclic) bond motifs is 1. The number of nitrogens with one attached hydrogen (secondary N) is 2. The van der Waals surface area contributed by atoms with Gasteiger partial charge in [-0.25, -0.2) is 4.79 Å². The fraction of sp³-hybridized carbons (Fsp3) is 0.292. The van der Waals surface area contributed by atoms with E-state index in [-0.39, 0.29) is 37.6 Å². The Morgan fingerprint density at radius 1 is 1.12 bits per heavy atom. The average molecular weight is 463 g/mol. The molecular weight excluding hydrogens is 438 g/mol. The van der Waals surface area contributed by atoms with E-state index in [0.717, 1.165) is 5.39 Å². The minimum Gasteiger partial charge on any atom is -0.433 e. The van der Waals surface area contributed by atoms with Gasteiger partial charge in [-0.15, -0.1) is 0 Å². The molecule has 10 nitrogen and oxygen atoms in total. The smallest absolute Gasteiger partial charge is 0.405 e. The summed E-state index contributed by atoms with van der Waals surface area (Å²) in [5.74, 6) is -1.22. The van der Waals surface area contributed by atoms with E-state index in [1.54, 1.807) is 24.3 Å². The summed E-state index contributed by atoms with van der Waals surface area (Å²) in [4.78, 5) is 51.0. The lowest BCUT2D eigenvalue weighted by molar-refractivity contribution is -0.143. The Morgan fingerprint density at radius 2 is 1.76 bits per heavy atom. The molecule has 1 aliphatic heterocycles. The molecule has 0 spiro atoms. The van der Waals surface area contributed by atoms with Crippen molar-refractivity contribution in [2.75, 3.05) is 6.54 Å². The Morgan fingerprint density at radius 3 is 2.44 bits per heavy atom. The zero-order chi connectivity index (χ0) is 24.3. The first-order valence-corrected chi connectivity index (χ1v) is 10.9. The maximum atomic E-state index is 13.3. The number of hydrogen-bond donors (Lipinski definition) is 3. The van der Waals surface area contributed by atoms with Crippen LogP contribution in [0.5, 0.6) is 0 Å². The largest absolute Gasteiger partial charge is 0.433 e. The van der Waals surface area contributed by atoms with Gasteiger partial charge in [0, 0.05) is 36.9 Å². The Kier molecular flexibility index (Phi) is 6.31. The summed E-state index contributed by atoms with van der Waals surface area (Å²) in [6.07, 6.45) is -0.859. The first-order valence-electron chi connectivity index (χ1n) is 10.9. The van der Waals surface area contributed by atoms with Crippen LogP contribution in [0.3, 0.4) is 0 Å². The summed E-state index contributed by atoms with van der Waals surface area (Å²) in [5.41, 5.74) is 5.61. The molecule has 0 bridgehead atoms. The maximum Gasteiger partial charge on any atom is 0.405 e. The molecule has 3 aromatic rings. The topological polar surface area (TPSA) is 147 Å². The van der Waals surface area contributed by atoms with Gasteiger partial charge in [-0.3, -0.25) is 24.4 Å². The number of aromatic amines is 1. The molecule has 10 heteroatoms. The number of para-hydroxylation sites is 1. The van der Waals surface area contributed by atoms with Crippen molar-refractivity contribution >= 4 is 34.7 Å². The Labute approximate surface area is 195 Å². The van der Waals surface area contributed by atoms with Gasteiger partial charge in [0.15, 0.2) is 5.60 Å². The third-order valence-corrected chi connectivity index (χ3v) is 5.90. The number of nitrogens with zero attached hydrogens (tertiary/aromatic N) is 2. The SMILES string of the molecule is CC(Cc1[nH]nc2ccccc12)(OC(N)=O)C(=O)NCC(c1ccccc1)N1C(=O)CCC1=O. The molecule has 0 saturated carbocycles. The second kappa shape index (κ2) is 9.34. The average Bonchev–Trinajstić information content (AvgIpc) is 3.37. The van der Waals surface area contributed by atoms with Crippen LogP contribution in [0.4, 0.5) is 4.79 Å². The molecule has 4 amide bonds. The van der Waals surface area contributed by atoms with Crippen molar-refractivity contribution in [2.45, 2.75) is 37.8 Å². The number of hydrogen-bond acceptors (Lipinski definition) is 6. The fourth-order valence-corrected chi connectivity index (χ4v) is 4.22. The van der Waals surface area contributed by atoms with Crippen molar-refractivity contribution in [3.63, 3.8) is 0 Å². The van der Waals surface area contributed by atoms with Crippen LogP contribution in [0, 0.1) is 0 Å². The summed E-state index contributed by atoms with van der Waals surface area (Å²) >= 11 is 0. The van der Waals surface area contributed by atoms with Crippen molar-refractivity contribution in [3.05, 3.63) is 65.9 Å². The first kappa shape index (κ1) is 23.0. The van der Waals surface area contributed by atoms with Gasteiger partial charge in [0.1, 0.15) is 0 Å². The molecule has 2 heterocycles. The number of benzene rings is 2. The number of rotatable bonds is 8. The molecule has 176 valence electrons. The number of ether oxygens (including phenoxy) is 1. The summed E-state index contributed by atoms with van der Waals surface area (Å²) in [7, 11) is 0. The second-order valence-corrected chi connectivity index (χ2v) is 8.34. The minimum absolute atomic E-state index is 0.0140. The first-order chi connectivity index (χ1) is 16.3. The lowest BCUT2D eigenvalue weighted by Gasteiger charge is -2.30. The van der Waals surface area contributed by atoms with Gasteiger partial charge in [0.05, 0.1) is 11.6 Å². The highest BCUT2D eigenvalue weighted by Gasteiger charge is 2.40. The van der Waals surface area contributed by atoms with E-state index in [2.05, 4.69) is 15.5 Å². The summed E-state index contributed by atoms with van der Waals surface area (Å²) < 4.78 is 5.26. The number of H-pyrrole nitrogens is 1. The van der Waals surface area contributed by atoms with Crippen LogP contribution < -0.4 is 11.1 Å². The van der Waals surface area contributed by atoms with Crippen LogP contribution in [0.1, 0.15) is 37.1 Å². The molecule has 1 fully saturated rings. The van der Waals surface area contributed by atoms with Gasteiger partial charge < -0.3 is 15.8 Å². The maximum absolute atomic E-state index is 13.3. The Bertz CT molecular complexity index is 1220. The van der Waals surface area contributed by atoms with E-state index in [1.165, 1.54) is 11.8 Å². The van der Waals surface area contributed by atoms with E-state index < -0.39 is 23.6 Å². The predicted octanol–water partition coefficient (Wildman–Crippen LogP) is 1.97. The number of carbonyl (C=O) groups is 4. The molecule has 1 aliphatic rings. The van der Waals surface area contributed by atoms with E-state index in [1.807, 2.05) is 30.3 Å². The summed E-state index contributed by atoms with van der Waals surface area (Å²) in [6.45, 7) is 1.40. The molecular formula is C24H25N5O5. The van der Waals surface area contributed by atoms with Crippen LogP contribution in [0.2, 0.25) is 0 Å². The lowest BCUT2D eigenvalue weighted by Crippen LogP contribution is -2.52. The number of primary amides is 1. The van der Waals surface area contributed by atoms with Gasteiger partial charge in [-0.1, -0.05) is 48.5 Å². The van der Waals surface area contributed by atoms with Gasteiger partial charge in [-0.2, -0.15) is 5.10 Å². The monoisotopic (exact) mass is 463 g/mol. The van der Waals surface area contributed by atoms with Gasteiger partial charge in [0.25, 0.3) is 5.91 Å². The molecule has 1 saturated heterocycles. The number of carbonyl (C=O) groups excluding carboxylic acids is 4. The van der Waals surface area contributed by atoms with E-state index in [0.29, 0.717) is 16.8 Å². The number of nitrogens with two attached hydrogens (primary N) is 1. The second-order valence-electron chi connectivity index (χ2n) is 8.34. The van der Waals surface area contributed by atoms with Gasteiger partial charge in [-0.05, 0) is 18.6 Å². The summed E-state index contributed by atoms with van der Waals surface area (Å²) in [6, 6.07) is 15.6. The molecule has 0 aliphatic carbocycles. The van der Waals surface area contributed by atoms with Crippen LogP contribution in [0.25, 0.3) is 10.9 Å². The van der Waals surface area contributed by atoms with Gasteiger partial charge >= 0.3 is 6.09 Å². The van der Waals surface area contributed by atoms with E-state index in [9.17, 15) is 19.2 Å². The zero-order valence-corrected chi connectivity index (χ0v) is 18.6. The van der Waals surface area contributed by atoms with Crippen molar-refractivity contribution < 1.29 is 23.9 Å². The molecule has 2 aromatic carbocycles. The predicted molar refractivity (Wildman–Crippen MR) is 122 cm³/mol. The minimum atomic E-state index is -1.67. The number of aromatic nitrogens is 2. The Hall–Kier alpha value is -4.21. The highest BCUT2D eigenvalue weighted by molar-refractivity contribution is 6.02.